The van der Waals surface area contributed by atoms with Gasteiger partial charge in [0.2, 0.25) is 0 Å². The van der Waals surface area contributed by atoms with E-state index in [1.165, 1.54) is 24.3 Å². The largest absolute Gasteiger partial charge is 0.486 e. The first-order chi connectivity index (χ1) is 12.2. The van der Waals surface area contributed by atoms with Crippen LogP contribution in [0.25, 0.3) is 0 Å². The van der Waals surface area contributed by atoms with Gasteiger partial charge in [-0.3, -0.25) is 4.90 Å². The second-order valence-electron chi connectivity index (χ2n) is 6.35. The molecular formula is C16H19F4N5O. The molecule has 0 saturated carbocycles. The van der Waals surface area contributed by atoms with E-state index in [0.717, 1.165) is 4.68 Å². The molecule has 0 aliphatic carbocycles. The van der Waals surface area contributed by atoms with Crippen LogP contribution in [-0.4, -0.2) is 45.5 Å². The highest BCUT2D eigenvalue weighted by Gasteiger charge is 2.36. The van der Waals surface area contributed by atoms with Crippen LogP contribution in [0.5, 0.6) is 5.75 Å². The van der Waals surface area contributed by atoms with E-state index in [2.05, 4.69) is 10.1 Å². The molecule has 6 nitrogen and oxygen atoms in total. The summed E-state index contributed by atoms with van der Waals surface area (Å²) in [7, 11) is 1.79. The van der Waals surface area contributed by atoms with E-state index < -0.39 is 18.5 Å². The van der Waals surface area contributed by atoms with Gasteiger partial charge in [-0.1, -0.05) is 0 Å². The molecule has 26 heavy (non-hydrogen) atoms. The van der Waals surface area contributed by atoms with Crippen LogP contribution in [0, 0.1) is 5.82 Å². The second kappa shape index (κ2) is 7.20. The van der Waals surface area contributed by atoms with Crippen LogP contribution < -0.4 is 10.5 Å². The number of halogens is 4. The SMILES string of the molecule is CN1C[C@@H](N)C[C@H]1c1nc(COc2ccc(F)cc2)nn1CC(F)(F)F. The van der Waals surface area contributed by atoms with Crippen molar-refractivity contribution in [2.75, 3.05) is 13.6 Å². The lowest BCUT2D eigenvalue weighted by molar-refractivity contribution is -0.143. The standard InChI is InChI=1S/C16H19F4N5O/c1-24-7-11(21)6-13(24)15-22-14(23-25(15)9-16(18,19)20)8-26-12-4-2-10(17)3-5-12/h2-5,11,13H,6-9,21H2,1H3/t11-,13-/m0/s1. The van der Waals surface area contributed by atoms with E-state index in [1.54, 1.807) is 7.05 Å². The Hall–Kier alpha value is -2.20. The van der Waals surface area contributed by atoms with Crippen molar-refractivity contribution in [1.82, 2.24) is 19.7 Å². The van der Waals surface area contributed by atoms with Gasteiger partial charge in [-0.05, 0) is 37.7 Å². The van der Waals surface area contributed by atoms with Crippen LogP contribution in [0.2, 0.25) is 0 Å². The smallest absolute Gasteiger partial charge is 0.408 e. The number of hydrogen-bond donors (Lipinski definition) is 1. The molecule has 0 bridgehead atoms. The first-order valence-corrected chi connectivity index (χ1v) is 8.06. The molecule has 1 saturated heterocycles. The summed E-state index contributed by atoms with van der Waals surface area (Å²) in [6.45, 7) is -0.775. The molecular weight excluding hydrogens is 354 g/mol. The molecule has 2 aromatic rings. The van der Waals surface area contributed by atoms with Gasteiger partial charge in [0.05, 0.1) is 6.04 Å². The molecule has 1 aliphatic rings. The van der Waals surface area contributed by atoms with Gasteiger partial charge in [-0.25, -0.2) is 14.1 Å². The van der Waals surface area contributed by atoms with E-state index in [1.807, 2.05) is 4.90 Å². The van der Waals surface area contributed by atoms with Gasteiger partial charge >= 0.3 is 6.18 Å². The summed E-state index contributed by atoms with van der Waals surface area (Å²) in [6, 6.07) is 4.84. The summed E-state index contributed by atoms with van der Waals surface area (Å²) < 4.78 is 57.9. The van der Waals surface area contributed by atoms with Crippen LogP contribution in [0.4, 0.5) is 17.6 Å². The van der Waals surface area contributed by atoms with Gasteiger partial charge < -0.3 is 10.5 Å². The summed E-state index contributed by atoms with van der Waals surface area (Å²) in [5, 5.41) is 3.95. The quantitative estimate of drug-likeness (QED) is 0.815. The maximum absolute atomic E-state index is 12.9. The molecule has 2 atom stereocenters. The van der Waals surface area contributed by atoms with Crippen molar-refractivity contribution in [1.29, 1.82) is 0 Å². The molecule has 3 rings (SSSR count). The van der Waals surface area contributed by atoms with Crippen LogP contribution in [-0.2, 0) is 13.2 Å². The molecule has 1 fully saturated rings. The Labute approximate surface area is 147 Å². The predicted octanol–water partition coefficient (Wildman–Crippen LogP) is 2.26. The van der Waals surface area contributed by atoms with Gasteiger partial charge in [0.25, 0.3) is 0 Å². The molecule has 0 radical (unpaired) electrons. The number of likely N-dealkylation sites (N-methyl/N-ethyl adjacent to an activating group) is 1. The summed E-state index contributed by atoms with van der Waals surface area (Å²) in [6.07, 6.45) is -3.91. The molecule has 0 spiro atoms. The third kappa shape index (κ3) is 4.50. The van der Waals surface area contributed by atoms with Crippen molar-refractivity contribution in [2.24, 2.45) is 5.73 Å². The number of benzene rings is 1. The van der Waals surface area contributed by atoms with Crippen molar-refractivity contribution in [3.05, 3.63) is 41.7 Å². The van der Waals surface area contributed by atoms with Crippen molar-refractivity contribution >= 4 is 0 Å². The monoisotopic (exact) mass is 373 g/mol. The minimum Gasteiger partial charge on any atom is -0.486 e. The lowest BCUT2D eigenvalue weighted by Gasteiger charge is -2.19. The fourth-order valence-electron chi connectivity index (χ4n) is 3.02. The number of alkyl halides is 3. The average Bonchev–Trinajstić information content (AvgIpc) is 3.07. The van der Waals surface area contributed by atoms with Gasteiger partial charge in [0.1, 0.15) is 30.5 Å². The Bertz CT molecular complexity index is 746. The summed E-state index contributed by atoms with van der Waals surface area (Å²) in [5.74, 6) is 0.311. The normalized spacial score (nSPS) is 21.3. The van der Waals surface area contributed by atoms with E-state index in [-0.39, 0.29) is 30.3 Å². The van der Waals surface area contributed by atoms with Crippen molar-refractivity contribution in [3.63, 3.8) is 0 Å². The molecule has 0 unspecified atom stereocenters. The average molecular weight is 373 g/mol. The number of rotatable bonds is 5. The predicted molar refractivity (Wildman–Crippen MR) is 84.8 cm³/mol. The second-order valence-corrected chi connectivity index (χ2v) is 6.35. The summed E-state index contributed by atoms with van der Waals surface area (Å²) in [4.78, 5) is 6.12. The Morgan fingerprint density at radius 2 is 1.96 bits per heavy atom. The van der Waals surface area contributed by atoms with Crippen molar-refractivity contribution in [2.45, 2.75) is 37.8 Å². The maximum Gasteiger partial charge on any atom is 0.408 e. The Morgan fingerprint density at radius 1 is 1.27 bits per heavy atom. The highest BCUT2D eigenvalue weighted by Crippen LogP contribution is 2.30. The van der Waals surface area contributed by atoms with Crippen LogP contribution >= 0.6 is 0 Å². The van der Waals surface area contributed by atoms with Crippen LogP contribution in [0.3, 0.4) is 0 Å². The lowest BCUT2D eigenvalue weighted by atomic mass is 10.1. The molecule has 2 heterocycles. The molecule has 1 aromatic carbocycles. The Kier molecular flexibility index (Phi) is 5.15. The van der Waals surface area contributed by atoms with Gasteiger partial charge in [-0.15, -0.1) is 0 Å². The van der Waals surface area contributed by atoms with Crippen LogP contribution in [0.1, 0.15) is 24.1 Å². The zero-order valence-electron chi connectivity index (χ0n) is 14.1. The Morgan fingerprint density at radius 3 is 2.54 bits per heavy atom. The minimum atomic E-state index is -4.42. The van der Waals surface area contributed by atoms with E-state index in [9.17, 15) is 17.6 Å². The molecule has 0 amide bonds. The number of nitrogens with two attached hydrogens (primary N) is 1. The first kappa shape index (κ1) is 18.6. The minimum absolute atomic E-state index is 0.119. The van der Waals surface area contributed by atoms with Gasteiger partial charge in [0, 0.05) is 12.6 Å². The fraction of sp³-hybridized carbons (Fsp3) is 0.500. The van der Waals surface area contributed by atoms with Crippen molar-refractivity contribution in [3.8, 4) is 5.75 Å². The topological polar surface area (TPSA) is 69.2 Å². The number of aromatic nitrogens is 3. The number of nitrogens with zero attached hydrogens (tertiary/aromatic N) is 4. The Balaban J connectivity index is 1.80. The van der Waals surface area contributed by atoms with E-state index in [0.29, 0.717) is 18.7 Å². The van der Waals surface area contributed by atoms with Gasteiger partial charge in [0.15, 0.2) is 5.82 Å². The number of ether oxygens (including phenoxy) is 1. The zero-order valence-corrected chi connectivity index (χ0v) is 14.1. The molecule has 142 valence electrons. The highest BCUT2D eigenvalue weighted by atomic mass is 19.4. The van der Waals surface area contributed by atoms with E-state index >= 15 is 0 Å². The molecule has 10 heteroatoms. The summed E-state index contributed by atoms with van der Waals surface area (Å²) in [5.41, 5.74) is 5.91. The molecule has 1 aromatic heterocycles. The lowest BCUT2D eigenvalue weighted by Crippen LogP contribution is -2.26. The van der Waals surface area contributed by atoms with Gasteiger partial charge in [-0.2, -0.15) is 18.3 Å². The zero-order chi connectivity index (χ0) is 18.9. The maximum atomic E-state index is 12.9. The van der Waals surface area contributed by atoms with Crippen molar-refractivity contribution < 1.29 is 22.3 Å². The highest BCUT2D eigenvalue weighted by molar-refractivity contribution is 5.22. The fourth-order valence-corrected chi connectivity index (χ4v) is 3.02. The van der Waals surface area contributed by atoms with E-state index in [4.69, 9.17) is 10.5 Å². The number of likely N-dealkylation sites (tertiary alicyclic amines) is 1. The van der Waals surface area contributed by atoms with Crippen LogP contribution in [0.15, 0.2) is 24.3 Å². The first-order valence-electron chi connectivity index (χ1n) is 8.06. The third-order valence-electron chi connectivity index (χ3n) is 4.13. The summed E-state index contributed by atoms with van der Waals surface area (Å²) >= 11 is 0. The third-order valence-corrected chi connectivity index (χ3v) is 4.13. The number of hydrogen-bond acceptors (Lipinski definition) is 5. The molecule has 1 aliphatic heterocycles. The molecule has 2 N–H and O–H groups in total.